The number of benzene rings is 2. The van der Waals surface area contributed by atoms with Crippen molar-refractivity contribution in [2.75, 3.05) is 6.61 Å². The van der Waals surface area contributed by atoms with E-state index in [1.54, 1.807) is 23.0 Å². The lowest BCUT2D eigenvalue weighted by Crippen LogP contribution is -2.35. The molecule has 23 heavy (non-hydrogen) atoms. The first-order valence-corrected chi connectivity index (χ1v) is 8.42. The molecule has 2 aromatic carbocycles. The highest BCUT2D eigenvalue weighted by Gasteiger charge is 2.49. The number of carbonyl (C=O) groups excluding carboxylic acids is 1. The molecule has 0 amide bonds. The van der Waals surface area contributed by atoms with E-state index in [1.165, 1.54) is 0 Å². The lowest BCUT2D eigenvalue weighted by molar-refractivity contribution is -0.242. The van der Waals surface area contributed by atoms with E-state index >= 15 is 0 Å². The Hall–Kier alpha value is -1.44. The molecule has 0 radical (unpaired) electrons. The van der Waals surface area contributed by atoms with Gasteiger partial charge in [0.1, 0.15) is 5.41 Å². The second-order valence-corrected chi connectivity index (χ2v) is 6.09. The summed E-state index contributed by atoms with van der Waals surface area (Å²) in [5.41, 5.74) is 3.37. The normalized spacial score (nSPS) is 14.2. The van der Waals surface area contributed by atoms with Gasteiger partial charge in [-0.25, -0.2) is 9.68 Å². The lowest BCUT2D eigenvalue weighted by atomic mass is 9.74. The van der Waals surface area contributed by atoms with Crippen LogP contribution >= 0.6 is 23.0 Å². The van der Waals surface area contributed by atoms with E-state index in [4.69, 9.17) is 8.32 Å². The zero-order valence-corrected chi connectivity index (χ0v) is 14.7. The second-order valence-electron chi connectivity index (χ2n) is 5.65. The van der Waals surface area contributed by atoms with Crippen LogP contribution in [0.15, 0.2) is 48.5 Å². The van der Waals surface area contributed by atoms with Gasteiger partial charge < -0.3 is 3.07 Å². The summed E-state index contributed by atoms with van der Waals surface area (Å²) < 4.78 is 5.16. The molecule has 3 rings (SSSR count). The van der Waals surface area contributed by atoms with Gasteiger partial charge in [-0.15, -0.1) is 0 Å². The van der Waals surface area contributed by atoms with Crippen molar-refractivity contribution in [3.63, 3.8) is 0 Å². The van der Waals surface area contributed by atoms with Crippen molar-refractivity contribution in [2.24, 2.45) is 0 Å². The summed E-state index contributed by atoms with van der Waals surface area (Å²) in [6.07, 6.45) is 2.04. The van der Waals surface area contributed by atoms with Crippen molar-refractivity contribution in [3.8, 4) is 11.1 Å². The van der Waals surface area contributed by atoms with Crippen molar-refractivity contribution >= 4 is 29.0 Å². The minimum atomic E-state index is -0.788. The minimum absolute atomic E-state index is 0.250. The maximum atomic E-state index is 12.8. The fourth-order valence-corrected chi connectivity index (χ4v) is 3.92. The number of hydrogen-bond acceptors (Lipinski definition) is 4. The van der Waals surface area contributed by atoms with Gasteiger partial charge in [-0.2, -0.15) is 0 Å². The van der Waals surface area contributed by atoms with Crippen molar-refractivity contribution in [1.29, 1.82) is 0 Å². The zero-order valence-electron chi connectivity index (χ0n) is 12.5. The van der Waals surface area contributed by atoms with Gasteiger partial charge in [0.2, 0.25) is 0 Å². The maximum Gasteiger partial charge on any atom is 0.330 e. The molecule has 1 aliphatic carbocycles. The first-order chi connectivity index (χ1) is 11.3. The van der Waals surface area contributed by atoms with Gasteiger partial charge in [-0.05, 0) is 41.5 Å². The van der Waals surface area contributed by atoms with Crippen molar-refractivity contribution in [3.05, 3.63) is 59.7 Å². The van der Waals surface area contributed by atoms with Crippen LogP contribution in [0, 0.1) is 0 Å². The Morgan fingerprint density at radius 2 is 1.57 bits per heavy atom. The Bertz CT molecular complexity index is 668. The van der Waals surface area contributed by atoms with E-state index in [0.717, 1.165) is 28.7 Å². The highest BCUT2D eigenvalue weighted by atomic mass is 127. The van der Waals surface area contributed by atoms with Crippen LogP contribution in [-0.2, 0) is 18.2 Å². The van der Waals surface area contributed by atoms with Crippen LogP contribution in [0.5, 0.6) is 0 Å². The number of carbonyl (C=O) groups is 1. The summed E-state index contributed by atoms with van der Waals surface area (Å²) in [4.78, 5) is 17.0. The Labute approximate surface area is 149 Å². The van der Waals surface area contributed by atoms with Crippen molar-refractivity contribution < 1.29 is 18.0 Å². The molecule has 0 atom stereocenters. The van der Waals surface area contributed by atoms with Crippen LogP contribution in [0.2, 0.25) is 0 Å². The highest BCUT2D eigenvalue weighted by Crippen LogP contribution is 2.52. The molecule has 0 heterocycles. The Balaban J connectivity index is 2.12. The monoisotopic (exact) mass is 424 g/mol. The van der Waals surface area contributed by atoms with E-state index in [1.807, 2.05) is 48.5 Å². The first-order valence-electron chi connectivity index (χ1n) is 7.54. The Morgan fingerprint density at radius 1 is 1.00 bits per heavy atom. The fourth-order valence-electron chi connectivity index (χ4n) is 3.54. The van der Waals surface area contributed by atoms with Gasteiger partial charge in [0.05, 0.1) is 6.61 Å². The summed E-state index contributed by atoms with van der Waals surface area (Å²) in [6.45, 7) is 0.263. The topological polar surface area (TPSA) is 55.8 Å². The summed E-state index contributed by atoms with van der Waals surface area (Å²) in [5.74, 6) is -0.250. The van der Waals surface area contributed by atoms with Gasteiger partial charge in [0.25, 0.3) is 0 Å². The predicted octanol–water partition coefficient (Wildman–Crippen LogP) is 4.51. The van der Waals surface area contributed by atoms with Crippen LogP contribution in [0.4, 0.5) is 0 Å². The largest absolute Gasteiger partial charge is 0.394 e. The molecule has 120 valence electrons. The van der Waals surface area contributed by atoms with Crippen LogP contribution in [0.25, 0.3) is 11.1 Å². The summed E-state index contributed by atoms with van der Waals surface area (Å²) in [6, 6.07) is 16.0. The average Bonchev–Trinajstić information content (AvgIpc) is 2.90. The molecule has 5 heteroatoms. The quantitative estimate of drug-likeness (QED) is 0.321. The summed E-state index contributed by atoms with van der Waals surface area (Å²) >= 11 is 1.66. The SMILES string of the molecule is O=C(OI)C1(CCCCOO)c2ccccc2-c2ccccc21. The number of fused-ring (bicyclic) bond motifs is 3. The number of unbranched alkanes of at least 4 members (excludes halogenated alkanes) is 1. The third kappa shape index (κ3) is 2.66. The van der Waals surface area contributed by atoms with Gasteiger partial charge in [-0.1, -0.05) is 48.5 Å². The third-order valence-corrected chi connectivity index (χ3v) is 4.92. The zero-order chi connectivity index (χ0) is 16.3. The number of halogens is 1. The molecule has 0 spiro atoms. The second kappa shape index (κ2) is 6.98. The van der Waals surface area contributed by atoms with Gasteiger partial charge in [0.15, 0.2) is 23.0 Å². The summed E-state index contributed by atoms with van der Waals surface area (Å²) in [7, 11) is 0. The fraction of sp³-hybridized carbons (Fsp3) is 0.278. The molecule has 0 aromatic heterocycles. The summed E-state index contributed by atoms with van der Waals surface area (Å²) in [5, 5.41) is 8.50. The van der Waals surface area contributed by atoms with E-state index in [0.29, 0.717) is 12.8 Å². The van der Waals surface area contributed by atoms with E-state index in [9.17, 15) is 4.79 Å². The van der Waals surface area contributed by atoms with E-state index in [-0.39, 0.29) is 12.6 Å². The number of hydrogen-bond donors (Lipinski definition) is 1. The third-order valence-electron chi connectivity index (χ3n) is 4.52. The van der Waals surface area contributed by atoms with Gasteiger partial charge >= 0.3 is 5.97 Å². The van der Waals surface area contributed by atoms with Gasteiger partial charge in [0, 0.05) is 0 Å². The van der Waals surface area contributed by atoms with Crippen LogP contribution in [-0.4, -0.2) is 17.8 Å². The molecule has 0 aliphatic heterocycles. The molecule has 4 nitrogen and oxygen atoms in total. The number of rotatable bonds is 6. The predicted molar refractivity (Wildman–Crippen MR) is 95.2 cm³/mol. The van der Waals surface area contributed by atoms with Crippen molar-refractivity contribution in [2.45, 2.75) is 24.7 Å². The van der Waals surface area contributed by atoms with E-state index < -0.39 is 5.41 Å². The van der Waals surface area contributed by atoms with Crippen LogP contribution < -0.4 is 0 Å². The van der Waals surface area contributed by atoms with Crippen LogP contribution in [0.1, 0.15) is 30.4 Å². The molecule has 0 bridgehead atoms. The molecular formula is C18H17IO4. The molecule has 1 aliphatic rings. The standard InChI is InChI=1S/C18H17IO4/c19-23-17(20)18(11-5-6-12-22-21)15-9-3-1-7-13(15)14-8-2-4-10-16(14)18/h1-4,7-10,21H,5-6,11-12H2. The maximum absolute atomic E-state index is 12.8. The Kier molecular flexibility index (Phi) is 4.99. The average molecular weight is 424 g/mol. The molecule has 0 saturated heterocycles. The Morgan fingerprint density at radius 3 is 2.09 bits per heavy atom. The van der Waals surface area contributed by atoms with Gasteiger partial charge in [-0.3, -0.25) is 5.26 Å². The molecule has 1 N–H and O–H groups in total. The first kappa shape index (κ1) is 16.4. The molecule has 0 fully saturated rings. The smallest absolute Gasteiger partial charge is 0.330 e. The van der Waals surface area contributed by atoms with E-state index in [2.05, 4.69) is 4.89 Å². The molecule has 0 unspecified atom stereocenters. The van der Waals surface area contributed by atoms with Crippen LogP contribution in [0.3, 0.4) is 0 Å². The highest BCUT2D eigenvalue weighted by molar-refractivity contribution is 14.1. The van der Waals surface area contributed by atoms with Crippen molar-refractivity contribution in [1.82, 2.24) is 0 Å². The molecule has 2 aromatic rings. The lowest BCUT2D eigenvalue weighted by Gasteiger charge is -2.28. The molecular weight excluding hydrogens is 407 g/mol. The molecule has 0 saturated carbocycles. The minimum Gasteiger partial charge on any atom is -0.394 e.